The molecule has 0 aliphatic heterocycles. The zero-order valence-electron chi connectivity index (χ0n) is 46.1. The molecule has 4 aliphatic carbocycles. The number of benzene rings is 5. The van der Waals surface area contributed by atoms with Gasteiger partial charge in [-0.1, -0.05) is 111 Å². The summed E-state index contributed by atoms with van der Waals surface area (Å²) in [6, 6.07) is 46.7. The van der Waals surface area contributed by atoms with Gasteiger partial charge in [-0.05, 0) is 181 Å². The number of carbonyl (C=O) groups excluding carboxylic acids is 2. The van der Waals surface area contributed by atoms with Gasteiger partial charge in [-0.3, -0.25) is 9.69 Å². The summed E-state index contributed by atoms with van der Waals surface area (Å²) in [7, 11) is 9.94. The Balaban J connectivity index is 0.930. The van der Waals surface area contributed by atoms with Crippen molar-refractivity contribution in [3.05, 3.63) is 161 Å². The molecule has 396 valence electrons. The van der Waals surface area contributed by atoms with Crippen LogP contribution >= 0.6 is 0 Å². The number of nitrogens with zero attached hydrogens (tertiary/aromatic N) is 5. The van der Waals surface area contributed by atoms with E-state index in [2.05, 4.69) is 164 Å². The second kappa shape index (κ2) is 22.4. The van der Waals surface area contributed by atoms with Crippen molar-refractivity contribution in [3.8, 4) is 28.4 Å². The van der Waals surface area contributed by atoms with E-state index in [1.165, 1.54) is 23.1 Å². The van der Waals surface area contributed by atoms with Crippen molar-refractivity contribution in [3.63, 3.8) is 0 Å². The quantitative estimate of drug-likeness (QED) is 0.0558. The van der Waals surface area contributed by atoms with Gasteiger partial charge in [0.2, 0.25) is 0 Å². The number of rotatable bonds is 21. The summed E-state index contributed by atoms with van der Waals surface area (Å²) in [5, 5.41) is 8.54. The fraction of sp³-hybridized carbons (Fsp3) is 0.453. The number of methoxy groups -OCH3 is 2. The molecule has 6 aromatic rings. The number of aromatic nitrogens is 2. The van der Waals surface area contributed by atoms with Crippen LogP contribution in [0.4, 0.5) is 5.69 Å². The molecule has 0 unspecified atom stereocenters. The molecular weight excluding hydrogens is 933 g/mol. The molecule has 0 radical (unpaired) electrons. The molecule has 4 aliphatic rings. The van der Waals surface area contributed by atoms with Gasteiger partial charge in [0.05, 0.1) is 36.7 Å². The SMILES string of the molecule is COc1cccc(OC)c1-c1cc(C(=O)NC2(C(=O)OC(C)(C)C)C3CC4CC(C3)CC2C4)nn1-c1ccc(N(C)CCCN(C)CCCN(C)C(c2ccccc2)(c2ccccc2)c2ccccc2)cc1C(C)C. The average Bonchev–Trinajstić information content (AvgIpc) is 3.85. The lowest BCUT2D eigenvalue weighted by molar-refractivity contribution is -0.180. The molecule has 1 heterocycles. The van der Waals surface area contributed by atoms with Crippen LogP contribution in [0.3, 0.4) is 0 Å². The van der Waals surface area contributed by atoms with Crippen molar-refractivity contribution in [2.24, 2.45) is 23.7 Å². The summed E-state index contributed by atoms with van der Waals surface area (Å²) in [6.45, 7) is 13.8. The molecule has 1 amide bonds. The minimum absolute atomic E-state index is 0.0134. The van der Waals surface area contributed by atoms with Crippen LogP contribution < -0.4 is 19.7 Å². The van der Waals surface area contributed by atoms with Gasteiger partial charge < -0.3 is 29.3 Å². The van der Waals surface area contributed by atoms with Crippen molar-refractivity contribution in [2.75, 3.05) is 66.4 Å². The number of nitrogens with one attached hydrogen (secondary N) is 1. The van der Waals surface area contributed by atoms with Crippen LogP contribution in [-0.2, 0) is 15.1 Å². The molecule has 75 heavy (non-hydrogen) atoms. The van der Waals surface area contributed by atoms with Crippen LogP contribution in [0.25, 0.3) is 16.9 Å². The Hall–Kier alpha value is -6.43. The van der Waals surface area contributed by atoms with Crippen molar-refractivity contribution in [1.82, 2.24) is 24.9 Å². The lowest BCUT2D eigenvalue weighted by Crippen LogP contribution is -2.71. The first-order chi connectivity index (χ1) is 36.1. The van der Waals surface area contributed by atoms with Gasteiger partial charge in [0, 0.05) is 25.8 Å². The predicted octanol–water partition coefficient (Wildman–Crippen LogP) is 12.0. The highest BCUT2D eigenvalue weighted by Crippen LogP contribution is 2.59. The molecule has 1 aromatic heterocycles. The second-order valence-electron chi connectivity index (χ2n) is 23.1. The molecular formula is C64H80N6O5. The van der Waals surface area contributed by atoms with E-state index in [0.717, 1.165) is 81.6 Å². The van der Waals surface area contributed by atoms with E-state index in [4.69, 9.17) is 19.3 Å². The molecule has 1 N–H and O–H groups in total. The van der Waals surface area contributed by atoms with Gasteiger partial charge >= 0.3 is 5.97 Å². The third-order valence-corrected chi connectivity index (χ3v) is 16.6. The highest BCUT2D eigenvalue weighted by molar-refractivity contribution is 5.98. The lowest BCUT2D eigenvalue weighted by Gasteiger charge is -2.59. The Bertz CT molecular complexity index is 2750. The lowest BCUT2D eigenvalue weighted by atomic mass is 9.48. The number of hydrogen-bond acceptors (Lipinski definition) is 9. The molecule has 0 spiro atoms. The molecule has 0 atom stereocenters. The van der Waals surface area contributed by atoms with Crippen LogP contribution in [0.2, 0.25) is 0 Å². The second-order valence-corrected chi connectivity index (χ2v) is 23.1. The molecule has 4 bridgehead atoms. The van der Waals surface area contributed by atoms with Gasteiger partial charge in [-0.15, -0.1) is 0 Å². The summed E-state index contributed by atoms with van der Waals surface area (Å²) in [5.74, 6) is 1.77. The van der Waals surface area contributed by atoms with E-state index in [1.807, 2.05) is 49.7 Å². The largest absolute Gasteiger partial charge is 0.496 e. The van der Waals surface area contributed by atoms with E-state index >= 15 is 0 Å². The van der Waals surface area contributed by atoms with Gasteiger partial charge in [-0.2, -0.15) is 5.10 Å². The van der Waals surface area contributed by atoms with Crippen LogP contribution in [0, 0.1) is 23.7 Å². The third kappa shape index (κ3) is 10.7. The summed E-state index contributed by atoms with van der Waals surface area (Å²) in [6.07, 6.45) is 6.88. The Morgan fingerprint density at radius 2 is 1.20 bits per heavy atom. The van der Waals surface area contributed by atoms with Gasteiger partial charge in [0.1, 0.15) is 22.6 Å². The summed E-state index contributed by atoms with van der Waals surface area (Å²) < 4.78 is 20.0. The van der Waals surface area contributed by atoms with E-state index in [0.29, 0.717) is 34.6 Å². The van der Waals surface area contributed by atoms with Crippen LogP contribution in [0.1, 0.15) is 118 Å². The van der Waals surface area contributed by atoms with Crippen LogP contribution in [-0.4, -0.2) is 104 Å². The van der Waals surface area contributed by atoms with E-state index in [-0.39, 0.29) is 35.3 Å². The topological polar surface area (TPSA) is 101 Å². The van der Waals surface area contributed by atoms with Crippen molar-refractivity contribution in [1.29, 1.82) is 0 Å². The minimum atomic E-state index is -1.12. The number of hydrogen-bond donors (Lipinski definition) is 1. The highest BCUT2D eigenvalue weighted by atomic mass is 16.6. The van der Waals surface area contributed by atoms with Crippen molar-refractivity contribution in [2.45, 2.75) is 102 Å². The molecule has 11 nitrogen and oxygen atoms in total. The van der Waals surface area contributed by atoms with Crippen LogP contribution in [0.15, 0.2) is 133 Å². The smallest absolute Gasteiger partial charge is 0.332 e. The van der Waals surface area contributed by atoms with E-state index in [1.54, 1.807) is 14.2 Å². The monoisotopic (exact) mass is 1010 g/mol. The summed E-state index contributed by atoms with van der Waals surface area (Å²) in [5.41, 5.74) is 6.08. The zero-order chi connectivity index (χ0) is 53.1. The molecule has 10 rings (SSSR count). The van der Waals surface area contributed by atoms with E-state index in [9.17, 15) is 9.59 Å². The Morgan fingerprint density at radius 1 is 0.680 bits per heavy atom. The van der Waals surface area contributed by atoms with Crippen molar-refractivity contribution >= 4 is 17.6 Å². The predicted molar refractivity (Wildman–Crippen MR) is 301 cm³/mol. The van der Waals surface area contributed by atoms with Gasteiger partial charge in [-0.25, -0.2) is 9.48 Å². The maximum Gasteiger partial charge on any atom is 0.332 e. The molecule has 0 saturated heterocycles. The maximum atomic E-state index is 15.0. The molecule has 11 heteroatoms. The fourth-order valence-corrected chi connectivity index (χ4v) is 13.3. The normalized spacial score (nSPS) is 20.2. The Morgan fingerprint density at radius 3 is 1.69 bits per heavy atom. The number of amides is 1. The number of carbonyl (C=O) groups is 2. The van der Waals surface area contributed by atoms with E-state index < -0.39 is 16.7 Å². The van der Waals surface area contributed by atoms with Gasteiger partial charge in [0.25, 0.3) is 5.91 Å². The Kier molecular flexibility index (Phi) is 16.0. The standard InChI is InChI=1S/C64H80N6O5/c1-44(2)53-42-52(68(7)35-21-33-67(6)34-22-36-69(8)64(47-23-14-11-15-24-47,48-25-16-12-17-26-48)49-27-18-13-19-28-49)31-32-55(53)70-56(59-57(73-9)29-20-30-58(59)74-10)43-54(66-70)60(71)65-63(61(72)75-62(3,4)5)50-38-45-37-46(40-50)41-51(63)39-45/h11-20,23-32,42-46,50-51H,21-22,33-41H2,1-10H3,(H,65,71). The summed E-state index contributed by atoms with van der Waals surface area (Å²) >= 11 is 0. The fourth-order valence-electron chi connectivity index (χ4n) is 13.3. The molecule has 4 fully saturated rings. The van der Waals surface area contributed by atoms with Crippen molar-refractivity contribution < 1.29 is 23.8 Å². The van der Waals surface area contributed by atoms with Crippen LogP contribution in [0.5, 0.6) is 11.5 Å². The third-order valence-electron chi connectivity index (χ3n) is 16.6. The zero-order valence-corrected chi connectivity index (χ0v) is 46.1. The average molecular weight is 1010 g/mol. The first-order valence-electron chi connectivity index (χ1n) is 27.4. The molecule has 5 aromatic carbocycles. The number of esters is 1. The Labute approximate surface area is 446 Å². The highest BCUT2D eigenvalue weighted by Gasteiger charge is 2.63. The first kappa shape index (κ1) is 53.4. The minimum Gasteiger partial charge on any atom is -0.496 e. The maximum absolute atomic E-state index is 15.0. The molecule has 4 saturated carbocycles. The van der Waals surface area contributed by atoms with Gasteiger partial charge in [0.15, 0.2) is 5.69 Å². The first-order valence-corrected chi connectivity index (χ1v) is 27.4. The number of ether oxygens (including phenoxy) is 3. The summed E-state index contributed by atoms with van der Waals surface area (Å²) in [4.78, 5) is 36.8. The number of anilines is 1.